The second-order valence-electron chi connectivity index (χ2n) is 4.01. The van der Waals surface area contributed by atoms with Crippen LogP contribution in [0.3, 0.4) is 0 Å². The molecule has 0 aromatic heterocycles. The van der Waals surface area contributed by atoms with Gasteiger partial charge in [-0.3, -0.25) is 0 Å². The molecule has 94 valence electrons. The molecule has 2 aromatic carbocycles. The normalized spacial score (nSPS) is 11.4. The Hall–Kier alpha value is -1.52. The number of hydrogen-bond acceptors (Lipinski definition) is 3. The summed E-state index contributed by atoms with van der Waals surface area (Å²) in [7, 11) is -3.23. The molecule has 0 amide bonds. The van der Waals surface area contributed by atoms with E-state index in [4.69, 9.17) is 17.3 Å². The highest BCUT2D eigenvalue weighted by atomic mass is 35.5. The number of halogens is 1. The number of hydrogen-bond donors (Lipinski definition) is 1. The molecule has 0 saturated carbocycles. The first-order valence-corrected chi connectivity index (χ1v) is 7.51. The molecule has 0 aliphatic carbocycles. The number of nitrogen functional groups attached to an aromatic ring is 1. The summed E-state index contributed by atoms with van der Waals surface area (Å²) >= 11 is 6.12. The van der Waals surface area contributed by atoms with E-state index in [9.17, 15) is 8.42 Å². The second-order valence-corrected chi connectivity index (χ2v) is 6.40. The SMILES string of the molecule is CS(=O)(=O)c1cccc(-c2cccc(N)c2Cl)c1. The van der Waals surface area contributed by atoms with Crippen molar-refractivity contribution in [3.63, 3.8) is 0 Å². The van der Waals surface area contributed by atoms with Crippen molar-refractivity contribution >= 4 is 27.1 Å². The molecule has 0 radical (unpaired) electrons. The highest BCUT2D eigenvalue weighted by Crippen LogP contribution is 2.32. The molecule has 0 saturated heterocycles. The molecule has 0 fully saturated rings. The van der Waals surface area contributed by atoms with Gasteiger partial charge in [-0.25, -0.2) is 8.42 Å². The maximum atomic E-state index is 11.5. The van der Waals surface area contributed by atoms with Gasteiger partial charge in [-0.1, -0.05) is 35.9 Å². The second kappa shape index (κ2) is 4.63. The van der Waals surface area contributed by atoms with Crippen molar-refractivity contribution in [2.75, 3.05) is 12.0 Å². The molecule has 0 spiro atoms. The Kier molecular flexibility index (Phi) is 3.32. The molecule has 0 bridgehead atoms. The standard InChI is InChI=1S/C13H12ClNO2S/c1-18(16,17)10-5-2-4-9(8-10)11-6-3-7-12(15)13(11)14/h2-8H,15H2,1H3. The first kappa shape index (κ1) is 12.9. The largest absolute Gasteiger partial charge is 0.398 e. The van der Waals surface area contributed by atoms with Crippen LogP contribution >= 0.6 is 11.6 Å². The Morgan fingerprint density at radius 2 is 1.78 bits per heavy atom. The first-order valence-electron chi connectivity index (χ1n) is 5.24. The van der Waals surface area contributed by atoms with Gasteiger partial charge >= 0.3 is 0 Å². The zero-order valence-corrected chi connectivity index (χ0v) is 11.3. The van der Waals surface area contributed by atoms with Crippen molar-refractivity contribution in [3.05, 3.63) is 47.5 Å². The van der Waals surface area contributed by atoms with Crippen LogP contribution in [0.1, 0.15) is 0 Å². The number of benzene rings is 2. The smallest absolute Gasteiger partial charge is 0.175 e. The summed E-state index contributed by atoms with van der Waals surface area (Å²) in [5.41, 5.74) is 7.66. The molecule has 5 heteroatoms. The number of rotatable bonds is 2. The quantitative estimate of drug-likeness (QED) is 0.861. The van der Waals surface area contributed by atoms with E-state index in [0.717, 1.165) is 11.1 Å². The van der Waals surface area contributed by atoms with Gasteiger partial charge in [0, 0.05) is 11.8 Å². The van der Waals surface area contributed by atoms with Gasteiger partial charge in [0.25, 0.3) is 0 Å². The van der Waals surface area contributed by atoms with Gasteiger partial charge in [0.05, 0.1) is 15.6 Å². The third-order valence-corrected chi connectivity index (χ3v) is 4.13. The van der Waals surface area contributed by atoms with Gasteiger partial charge in [-0.2, -0.15) is 0 Å². The van der Waals surface area contributed by atoms with E-state index in [1.165, 1.54) is 6.26 Å². The highest BCUT2D eigenvalue weighted by molar-refractivity contribution is 7.90. The fourth-order valence-corrected chi connectivity index (χ4v) is 2.57. The van der Waals surface area contributed by atoms with Crippen LogP contribution in [0, 0.1) is 0 Å². The first-order chi connectivity index (χ1) is 8.39. The minimum absolute atomic E-state index is 0.262. The zero-order chi connectivity index (χ0) is 13.3. The number of anilines is 1. The highest BCUT2D eigenvalue weighted by Gasteiger charge is 2.10. The lowest BCUT2D eigenvalue weighted by atomic mass is 10.1. The summed E-state index contributed by atoms with van der Waals surface area (Å²) in [6.07, 6.45) is 1.17. The molecule has 0 atom stereocenters. The molecule has 3 nitrogen and oxygen atoms in total. The maximum absolute atomic E-state index is 11.5. The summed E-state index contributed by atoms with van der Waals surface area (Å²) < 4.78 is 23.0. The zero-order valence-electron chi connectivity index (χ0n) is 9.72. The summed E-state index contributed by atoms with van der Waals surface area (Å²) in [5.74, 6) is 0. The van der Waals surface area contributed by atoms with Crippen LogP contribution in [0.4, 0.5) is 5.69 Å². The van der Waals surface area contributed by atoms with E-state index in [1.54, 1.807) is 42.5 Å². The minimum Gasteiger partial charge on any atom is -0.398 e. The summed E-state index contributed by atoms with van der Waals surface area (Å²) in [6.45, 7) is 0. The van der Waals surface area contributed by atoms with Crippen LogP contribution in [0.2, 0.25) is 5.02 Å². The van der Waals surface area contributed by atoms with Gasteiger partial charge in [0.2, 0.25) is 0 Å². The van der Waals surface area contributed by atoms with Crippen molar-refractivity contribution in [1.29, 1.82) is 0 Å². The molecule has 2 aromatic rings. The fourth-order valence-electron chi connectivity index (χ4n) is 1.67. The topological polar surface area (TPSA) is 60.2 Å². The third kappa shape index (κ3) is 2.49. The molecular weight excluding hydrogens is 270 g/mol. The van der Waals surface area contributed by atoms with E-state index in [2.05, 4.69) is 0 Å². The molecule has 0 aliphatic rings. The molecule has 18 heavy (non-hydrogen) atoms. The Morgan fingerprint density at radius 1 is 1.11 bits per heavy atom. The van der Waals surface area contributed by atoms with Crippen LogP contribution in [0.15, 0.2) is 47.4 Å². The fraction of sp³-hybridized carbons (Fsp3) is 0.0769. The van der Waals surface area contributed by atoms with Gasteiger partial charge in [-0.15, -0.1) is 0 Å². The van der Waals surface area contributed by atoms with Crippen LogP contribution < -0.4 is 5.73 Å². The van der Waals surface area contributed by atoms with Crippen molar-refractivity contribution < 1.29 is 8.42 Å². The van der Waals surface area contributed by atoms with Gasteiger partial charge < -0.3 is 5.73 Å². The van der Waals surface area contributed by atoms with E-state index < -0.39 is 9.84 Å². The monoisotopic (exact) mass is 281 g/mol. The molecular formula is C13H12ClNO2S. The Balaban J connectivity index is 2.62. The van der Waals surface area contributed by atoms with Gasteiger partial charge in [-0.05, 0) is 23.8 Å². The van der Waals surface area contributed by atoms with Crippen LogP contribution in [-0.2, 0) is 9.84 Å². The molecule has 0 heterocycles. The molecule has 0 unspecified atom stereocenters. The van der Waals surface area contributed by atoms with E-state index in [-0.39, 0.29) is 4.90 Å². The van der Waals surface area contributed by atoms with Crippen molar-refractivity contribution in [1.82, 2.24) is 0 Å². The summed E-state index contributed by atoms with van der Waals surface area (Å²) in [5, 5.41) is 0.433. The Bertz CT molecular complexity index is 696. The predicted molar refractivity (Wildman–Crippen MR) is 74.4 cm³/mol. The van der Waals surface area contributed by atoms with Crippen LogP contribution in [0.25, 0.3) is 11.1 Å². The number of sulfone groups is 1. The van der Waals surface area contributed by atoms with E-state index >= 15 is 0 Å². The molecule has 2 N–H and O–H groups in total. The molecule has 0 aliphatic heterocycles. The Morgan fingerprint density at radius 3 is 2.44 bits per heavy atom. The minimum atomic E-state index is -3.23. The summed E-state index contributed by atoms with van der Waals surface area (Å²) in [6, 6.07) is 11.9. The third-order valence-electron chi connectivity index (χ3n) is 2.60. The van der Waals surface area contributed by atoms with Crippen molar-refractivity contribution in [2.45, 2.75) is 4.90 Å². The van der Waals surface area contributed by atoms with Crippen molar-refractivity contribution in [2.24, 2.45) is 0 Å². The molecule has 2 rings (SSSR count). The number of nitrogens with two attached hydrogens (primary N) is 1. The van der Waals surface area contributed by atoms with Gasteiger partial charge in [0.15, 0.2) is 9.84 Å². The lowest BCUT2D eigenvalue weighted by molar-refractivity contribution is 0.602. The predicted octanol–water partition coefficient (Wildman–Crippen LogP) is 2.99. The van der Waals surface area contributed by atoms with E-state index in [0.29, 0.717) is 10.7 Å². The van der Waals surface area contributed by atoms with Gasteiger partial charge in [0.1, 0.15) is 0 Å². The van der Waals surface area contributed by atoms with Crippen LogP contribution in [0.5, 0.6) is 0 Å². The lowest BCUT2D eigenvalue weighted by Crippen LogP contribution is -1.97. The van der Waals surface area contributed by atoms with Crippen LogP contribution in [-0.4, -0.2) is 14.7 Å². The Labute approximate surface area is 111 Å². The summed E-state index contributed by atoms with van der Waals surface area (Å²) in [4.78, 5) is 0.262. The average Bonchev–Trinajstić information content (AvgIpc) is 2.32. The maximum Gasteiger partial charge on any atom is 0.175 e. The van der Waals surface area contributed by atoms with E-state index in [1.807, 2.05) is 0 Å². The average molecular weight is 282 g/mol. The van der Waals surface area contributed by atoms with Crippen molar-refractivity contribution in [3.8, 4) is 11.1 Å². The lowest BCUT2D eigenvalue weighted by Gasteiger charge is -2.08.